The third-order valence-electron chi connectivity index (χ3n) is 5.33. The molecule has 0 spiro atoms. The highest BCUT2D eigenvalue weighted by atomic mass is 16.3. The van der Waals surface area contributed by atoms with Crippen LogP contribution in [0.4, 0.5) is 0 Å². The number of piperazine rings is 1. The average Bonchev–Trinajstić information content (AvgIpc) is 3.18. The van der Waals surface area contributed by atoms with E-state index in [-0.39, 0.29) is 0 Å². The fraction of sp³-hybridized carbons (Fsp3) is 0.647. The molecule has 0 radical (unpaired) electrons. The van der Waals surface area contributed by atoms with Crippen molar-refractivity contribution >= 4 is 0 Å². The second kappa shape index (κ2) is 5.38. The van der Waals surface area contributed by atoms with Gasteiger partial charge in [0.2, 0.25) is 0 Å². The van der Waals surface area contributed by atoms with Crippen LogP contribution in [-0.4, -0.2) is 42.5 Å². The fourth-order valence-electron chi connectivity index (χ4n) is 4.19. The Morgan fingerprint density at radius 3 is 2.55 bits per heavy atom. The van der Waals surface area contributed by atoms with Crippen molar-refractivity contribution in [1.29, 1.82) is 0 Å². The number of furan rings is 1. The van der Waals surface area contributed by atoms with Crippen LogP contribution in [0.25, 0.3) is 0 Å². The van der Waals surface area contributed by atoms with Crippen LogP contribution in [0.15, 0.2) is 35.0 Å². The van der Waals surface area contributed by atoms with Gasteiger partial charge in [-0.2, -0.15) is 0 Å². The molecule has 2 aliphatic carbocycles. The third kappa shape index (κ3) is 2.57. The summed E-state index contributed by atoms with van der Waals surface area (Å²) in [5.41, 5.74) is 0. The maximum Gasteiger partial charge on any atom is 0.117 e. The highest BCUT2D eigenvalue weighted by Gasteiger charge is 2.36. The van der Waals surface area contributed by atoms with Crippen LogP contribution in [0.1, 0.15) is 18.6 Å². The Kier molecular flexibility index (Phi) is 3.41. The van der Waals surface area contributed by atoms with Gasteiger partial charge in [-0.15, -0.1) is 0 Å². The number of allylic oxidation sites excluding steroid dienone is 2. The van der Waals surface area contributed by atoms with Crippen molar-refractivity contribution in [1.82, 2.24) is 9.80 Å². The predicted molar refractivity (Wildman–Crippen MR) is 79.3 cm³/mol. The first-order valence-electron chi connectivity index (χ1n) is 8.02. The first-order valence-corrected chi connectivity index (χ1v) is 8.02. The van der Waals surface area contributed by atoms with E-state index < -0.39 is 0 Å². The van der Waals surface area contributed by atoms with E-state index in [9.17, 15) is 0 Å². The van der Waals surface area contributed by atoms with Gasteiger partial charge in [0.05, 0.1) is 12.8 Å². The SMILES string of the molecule is C1=C[C@@H]2C[C@@H]1C[C@H]2CN1CCN(Cc2ccco2)CC1. The van der Waals surface area contributed by atoms with Crippen molar-refractivity contribution in [2.45, 2.75) is 19.4 Å². The van der Waals surface area contributed by atoms with Gasteiger partial charge in [-0.3, -0.25) is 4.90 Å². The van der Waals surface area contributed by atoms with Gasteiger partial charge in [0, 0.05) is 32.7 Å². The summed E-state index contributed by atoms with van der Waals surface area (Å²) in [6.45, 7) is 7.09. The molecular formula is C17H24N2O. The molecule has 108 valence electrons. The van der Waals surface area contributed by atoms with Crippen molar-refractivity contribution < 1.29 is 4.42 Å². The Hall–Kier alpha value is -1.06. The molecular weight excluding hydrogens is 248 g/mol. The first kappa shape index (κ1) is 12.7. The summed E-state index contributed by atoms with van der Waals surface area (Å²) in [6, 6.07) is 4.06. The van der Waals surface area contributed by atoms with Crippen LogP contribution < -0.4 is 0 Å². The minimum absolute atomic E-state index is 0.890. The molecule has 3 atom stereocenters. The maximum absolute atomic E-state index is 5.44. The van der Waals surface area contributed by atoms with E-state index in [0.717, 1.165) is 30.1 Å². The van der Waals surface area contributed by atoms with E-state index >= 15 is 0 Å². The molecule has 2 bridgehead atoms. The minimum atomic E-state index is 0.890. The monoisotopic (exact) mass is 272 g/mol. The van der Waals surface area contributed by atoms with Crippen molar-refractivity contribution in [2.24, 2.45) is 17.8 Å². The zero-order valence-electron chi connectivity index (χ0n) is 12.1. The van der Waals surface area contributed by atoms with Gasteiger partial charge in [-0.05, 0) is 42.7 Å². The van der Waals surface area contributed by atoms with Gasteiger partial charge in [0.15, 0.2) is 0 Å². The molecule has 0 amide bonds. The van der Waals surface area contributed by atoms with Gasteiger partial charge < -0.3 is 9.32 Å². The summed E-state index contributed by atoms with van der Waals surface area (Å²) in [6.07, 6.45) is 9.57. The lowest BCUT2D eigenvalue weighted by atomic mass is 9.93. The molecule has 2 heterocycles. The van der Waals surface area contributed by atoms with Gasteiger partial charge in [-0.1, -0.05) is 12.2 Å². The Balaban J connectivity index is 1.24. The van der Waals surface area contributed by atoms with Crippen molar-refractivity contribution in [2.75, 3.05) is 32.7 Å². The van der Waals surface area contributed by atoms with E-state index in [0.29, 0.717) is 0 Å². The Bertz CT molecular complexity index is 459. The van der Waals surface area contributed by atoms with Crippen LogP contribution in [0.2, 0.25) is 0 Å². The van der Waals surface area contributed by atoms with E-state index in [1.54, 1.807) is 6.26 Å². The minimum Gasteiger partial charge on any atom is -0.468 e. The number of fused-ring (bicyclic) bond motifs is 2. The Morgan fingerprint density at radius 1 is 1.05 bits per heavy atom. The summed E-state index contributed by atoms with van der Waals surface area (Å²) in [7, 11) is 0. The predicted octanol–water partition coefficient (Wildman–Crippen LogP) is 2.61. The van der Waals surface area contributed by atoms with Crippen LogP contribution in [0.3, 0.4) is 0 Å². The van der Waals surface area contributed by atoms with Crippen molar-refractivity contribution in [3.8, 4) is 0 Å². The highest BCUT2D eigenvalue weighted by Crippen LogP contribution is 2.43. The lowest BCUT2D eigenvalue weighted by Crippen LogP contribution is -2.47. The lowest BCUT2D eigenvalue weighted by Gasteiger charge is -2.36. The molecule has 20 heavy (non-hydrogen) atoms. The largest absolute Gasteiger partial charge is 0.468 e. The molecule has 1 aliphatic heterocycles. The van der Waals surface area contributed by atoms with Crippen molar-refractivity contribution in [3.05, 3.63) is 36.3 Å². The molecule has 0 N–H and O–H groups in total. The first-order chi connectivity index (χ1) is 9.87. The summed E-state index contributed by atoms with van der Waals surface area (Å²) >= 11 is 0. The lowest BCUT2D eigenvalue weighted by molar-refractivity contribution is 0.103. The summed E-state index contributed by atoms with van der Waals surface area (Å²) in [5, 5.41) is 0. The van der Waals surface area contributed by atoms with Gasteiger partial charge in [0.25, 0.3) is 0 Å². The zero-order chi connectivity index (χ0) is 13.4. The fourth-order valence-corrected chi connectivity index (χ4v) is 4.19. The molecule has 0 unspecified atom stereocenters. The molecule has 3 heteroatoms. The molecule has 4 rings (SSSR count). The van der Waals surface area contributed by atoms with Crippen LogP contribution in [-0.2, 0) is 6.54 Å². The number of nitrogens with zero attached hydrogens (tertiary/aromatic N) is 2. The average molecular weight is 272 g/mol. The third-order valence-corrected chi connectivity index (χ3v) is 5.33. The van der Waals surface area contributed by atoms with Gasteiger partial charge in [-0.25, -0.2) is 0 Å². The Labute approximate surface area is 121 Å². The quantitative estimate of drug-likeness (QED) is 0.786. The van der Waals surface area contributed by atoms with E-state index in [4.69, 9.17) is 4.42 Å². The number of rotatable bonds is 4. The van der Waals surface area contributed by atoms with Crippen LogP contribution in [0.5, 0.6) is 0 Å². The summed E-state index contributed by atoms with van der Waals surface area (Å²) in [4.78, 5) is 5.19. The smallest absolute Gasteiger partial charge is 0.117 e. The number of hydrogen-bond donors (Lipinski definition) is 0. The second-order valence-electron chi connectivity index (χ2n) is 6.70. The second-order valence-corrected chi connectivity index (χ2v) is 6.70. The van der Waals surface area contributed by atoms with Gasteiger partial charge in [0.1, 0.15) is 5.76 Å². The number of hydrogen-bond acceptors (Lipinski definition) is 3. The topological polar surface area (TPSA) is 19.6 Å². The van der Waals surface area contributed by atoms with Gasteiger partial charge >= 0.3 is 0 Å². The van der Waals surface area contributed by atoms with E-state index in [2.05, 4.69) is 28.0 Å². The zero-order valence-corrected chi connectivity index (χ0v) is 12.1. The Morgan fingerprint density at radius 2 is 1.90 bits per heavy atom. The molecule has 1 saturated carbocycles. The molecule has 2 fully saturated rings. The van der Waals surface area contributed by atoms with Crippen LogP contribution >= 0.6 is 0 Å². The molecule has 3 aliphatic rings. The molecule has 1 aromatic rings. The van der Waals surface area contributed by atoms with Crippen molar-refractivity contribution in [3.63, 3.8) is 0 Å². The molecule has 3 nitrogen and oxygen atoms in total. The molecule has 0 aromatic carbocycles. The highest BCUT2D eigenvalue weighted by molar-refractivity contribution is 5.10. The normalized spacial score (nSPS) is 34.1. The van der Waals surface area contributed by atoms with E-state index in [1.165, 1.54) is 45.6 Å². The summed E-state index contributed by atoms with van der Waals surface area (Å²) < 4.78 is 5.44. The maximum atomic E-state index is 5.44. The summed E-state index contributed by atoms with van der Waals surface area (Å²) in [5.74, 6) is 3.82. The van der Waals surface area contributed by atoms with E-state index in [1.807, 2.05) is 6.07 Å². The standard InChI is InChI=1S/C17H24N2O/c1-2-17(20-9-1)13-19-7-5-18(6-8-19)12-16-11-14-3-4-15(16)10-14/h1-4,9,14-16H,5-8,10-13H2/t14-,15-,16+/m1/s1. The molecule has 1 saturated heterocycles. The molecule has 1 aromatic heterocycles. The van der Waals surface area contributed by atoms with Crippen LogP contribution in [0, 0.1) is 17.8 Å².